The second kappa shape index (κ2) is 10.9. The molecular formula is C26H36O2Si. The Morgan fingerprint density at radius 2 is 1.86 bits per heavy atom. The monoisotopic (exact) mass is 408 g/mol. The Bertz CT molecular complexity index is 820. The third-order valence-electron chi connectivity index (χ3n) is 6.11. The fourth-order valence-corrected chi connectivity index (χ4v) is 4.24. The Balaban J connectivity index is 1.88. The van der Waals surface area contributed by atoms with Crippen LogP contribution in [-0.4, -0.2) is 26.1 Å². The van der Waals surface area contributed by atoms with Gasteiger partial charge in [0.1, 0.15) is 6.10 Å². The number of rotatable bonds is 4. The van der Waals surface area contributed by atoms with Crippen molar-refractivity contribution in [1.82, 2.24) is 0 Å². The van der Waals surface area contributed by atoms with Gasteiger partial charge in [0.25, 0.3) is 0 Å². The maximum Gasteiger partial charge on any atom is 0.192 e. The van der Waals surface area contributed by atoms with Crippen molar-refractivity contribution < 1.29 is 9.53 Å². The molecule has 0 saturated heterocycles. The Hall–Kier alpha value is -1.70. The van der Waals surface area contributed by atoms with Crippen LogP contribution in [0.25, 0.3) is 0 Å². The van der Waals surface area contributed by atoms with Gasteiger partial charge in [-0.15, -0.1) is 0 Å². The summed E-state index contributed by atoms with van der Waals surface area (Å²) in [5.41, 5.74) is 3.32. The summed E-state index contributed by atoms with van der Waals surface area (Å²) in [7, 11) is -1.70. The summed E-state index contributed by atoms with van der Waals surface area (Å²) in [4.78, 5) is 0. The Morgan fingerprint density at radius 1 is 1.07 bits per heavy atom. The molecule has 2 nitrogen and oxygen atoms in total. The second-order valence-electron chi connectivity index (χ2n) is 9.41. The minimum atomic E-state index is -1.70. The van der Waals surface area contributed by atoms with Gasteiger partial charge in [0, 0.05) is 18.6 Å². The maximum atomic E-state index is 10.5. The van der Waals surface area contributed by atoms with E-state index in [9.17, 15) is 5.11 Å². The molecule has 0 fully saturated rings. The van der Waals surface area contributed by atoms with Gasteiger partial charge in [0.15, 0.2) is 8.32 Å². The van der Waals surface area contributed by atoms with E-state index >= 15 is 0 Å². The van der Waals surface area contributed by atoms with Crippen molar-refractivity contribution in [1.29, 1.82) is 0 Å². The van der Waals surface area contributed by atoms with E-state index in [-0.39, 0.29) is 5.04 Å². The van der Waals surface area contributed by atoms with E-state index in [4.69, 9.17) is 4.43 Å². The summed E-state index contributed by atoms with van der Waals surface area (Å²) in [5, 5.41) is 10.7. The van der Waals surface area contributed by atoms with E-state index < -0.39 is 14.4 Å². The first-order valence-electron chi connectivity index (χ1n) is 10.9. The minimum absolute atomic E-state index is 0.216. The van der Waals surface area contributed by atoms with E-state index in [0.717, 1.165) is 43.3 Å². The lowest BCUT2D eigenvalue weighted by Crippen LogP contribution is -2.40. The molecule has 0 amide bonds. The van der Waals surface area contributed by atoms with Crippen LogP contribution in [-0.2, 0) is 4.43 Å². The van der Waals surface area contributed by atoms with Crippen LogP contribution >= 0.6 is 0 Å². The molecule has 1 N–H and O–H groups in total. The molecule has 0 heterocycles. The van der Waals surface area contributed by atoms with Crippen molar-refractivity contribution in [3.05, 3.63) is 22.8 Å². The van der Waals surface area contributed by atoms with E-state index in [2.05, 4.69) is 75.5 Å². The van der Waals surface area contributed by atoms with Gasteiger partial charge in [-0.05, 0) is 86.1 Å². The molecule has 0 spiro atoms. The lowest BCUT2D eigenvalue weighted by molar-refractivity contribution is 0.265. The first-order valence-corrected chi connectivity index (χ1v) is 13.8. The van der Waals surface area contributed by atoms with Gasteiger partial charge in [0.05, 0.1) is 0 Å². The molecule has 29 heavy (non-hydrogen) atoms. The normalized spacial score (nSPS) is 17.9. The van der Waals surface area contributed by atoms with Gasteiger partial charge >= 0.3 is 0 Å². The summed E-state index contributed by atoms with van der Waals surface area (Å²) in [6.45, 7) is 11.9. The molecule has 0 aliphatic heterocycles. The highest BCUT2D eigenvalue weighted by atomic mass is 28.4. The Morgan fingerprint density at radius 3 is 2.55 bits per heavy atom. The first-order chi connectivity index (χ1) is 13.7. The van der Waals surface area contributed by atoms with E-state index in [1.807, 2.05) is 0 Å². The molecule has 3 heteroatoms. The molecule has 2 aliphatic rings. The van der Waals surface area contributed by atoms with E-state index in [1.54, 1.807) is 0 Å². The Labute approximate surface area is 179 Å². The van der Waals surface area contributed by atoms with Gasteiger partial charge in [0.2, 0.25) is 0 Å². The summed E-state index contributed by atoms with van der Waals surface area (Å²) in [6, 6.07) is 0. The molecule has 1 atom stereocenters. The van der Waals surface area contributed by atoms with Crippen molar-refractivity contribution in [2.24, 2.45) is 0 Å². The maximum absolute atomic E-state index is 10.5. The average molecular weight is 409 g/mol. The number of aliphatic hydroxyl groups is 1. The molecule has 0 aromatic heterocycles. The second-order valence-corrected chi connectivity index (χ2v) is 14.2. The average Bonchev–Trinajstić information content (AvgIpc) is 3.14. The molecule has 156 valence electrons. The summed E-state index contributed by atoms with van der Waals surface area (Å²) >= 11 is 0. The number of allylic oxidation sites excluding steroid dienone is 3. The van der Waals surface area contributed by atoms with Crippen molar-refractivity contribution in [3.63, 3.8) is 0 Å². The zero-order valence-electron chi connectivity index (χ0n) is 18.9. The van der Waals surface area contributed by atoms with Gasteiger partial charge in [-0.25, -0.2) is 0 Å². The highest BCUT2D eigenvalue weighted by molar-refractivity contribution is 6.74. The predicted octanol–water partition coefficient (Wildman–Crippen LogP) is 5.75. The quantitative estimate of drug-likeness (QED) is 0.364. The predicted molar refractivity (Wildman–Crippen MR) is 125 cm³/mol. The molecule has 0 bridgehead atoms. The first kappa shape index (κ1) is 23.6. The van der Waals surface area contributed by atoms with Crippen LogP contribution < -0.4 is 0 Å². The summed E-state index contributed by atoms with van der Waals surface area (Å²) in [5.74, 6) is 18.2. The fourth-order valence-electron chi connectivity index (χ4n) is 3.19. The third-order valence-corrected chi connectivity index (χ3v) is 10.6. The summed E-state index contributed by atoms with van der Waals surface area (Å²) < 4.78 is 6.11. The van der Waals surface area contributed by atoms with E-state index in [0.29, 0.717) is 13.0 Å². The molecule has 0 saturated carbocycles. The zero-order valence-corrected chi connectivity index (χ0v) is 19.9. The summed E-state index contributed by atoms with van der Waals surface area (Å²) in [6.07, 6.45) is 9.80. The van der Waals surface area contributed by atoms with Crippen molar-refractivity contribution in [3.8, 4) is 35.5 Å². The number of hydrogen-bond acceptors (Lipinski definition) is 2. The van der Waals surface area contributed by atoms with Crippen molar-refractivity contribution >= 4 is 8.32 Å². The van der Waals surface area contributed by atoms with Gasteiger partial charge in [-0.3, -0.25) is 0 Å². The number of aliphatic hydroxyl groups excluding tert-OH is 1. The highest BCUT2D eigenvalue weighted by Gasteiger charge is 2.36. The van der Waals surface area contributed by atoms with Crippen LogP contribution in [0.15, 0.2) is 22.8 Å². The lowest BCUT2D eigenvalue weighted by atomic mass is 9.99. The van der Waals surface area contributed by atoms with Crippen molar-refractivity contribution in [2.75, 3.05) is 6.61 Å². The highest BCUT2D eigenvalue weighted by Crippen LogP contribution is 2.36. The van der Waals surface area contributed by atoms with Crippen LogP contribution in [0.2, 0.25) is 18.1 Å². The van der Waals surface area contributed by atoms with Crippen LogP contribution in [0.1, 0.15) is 72.1 Å². The molecule has 1 unspecified atom stereocenters. The van der Waals surface area contributed by atoms with E-state index in [1.165, 1.54) is 18.4 Å². The SMILES string of the molecule is CC(C)(C)[Si](C)(C)OCCC#CC#CC(O)C1=C(C#CC2=CCCCC2)CCC1. The number of hydrogen-bond donors (Lipinski definition) is 1. The molecule has 0 aromatic rings. The van der Waals surface area contributed by atoms with Crippen molar-refractivity contribution in [2.45, 2.75) is 96.4 Å². The molecule has 0 radical (unpaired) electrons. The smallest absolute Gasteiger partial charge is 0.192 e. The van der Waals surface area contributed by atoms with Gasteiger partial charge < -0.3 is 9.53 Å². The third kappa shape index (κ3) is 7.57. The van der Waals surface area contributed by atoms with Crippen LogP contribution in [0.5, 0.6) is 0 Å². The largest absolute Gasteiger partial charge is 0.416 e. The fraction of sp³-hybridized carbons (Fsp3) is 0.615. The molecule has 0 aromatic carbocycles. The topological polar surface area (TPSA) is 29.5 Å². The van der Waals surface area contributed by atoms with Crippen LogP contribution in [0.4, 0.5) is 0 Å². The standard InChI is InChI=1S/C26H36O2Si/c1-26(2,3)29(4,5)28-21-12-7-6-11-18-25(27)24-17-13-16-23(24)20-19-22-14-9-8-10-15-22/h14,25,27H,8-10,12-13,15-17,21H2,1-5H3. The zero-order chi connectivity index (χ0) is 21.3. The molecule has 2 rings (SSSR count). The lowest BCUT2D eigenvalue weighted by Gasteiger charge is -2.35. The van der Waals surface area contributed by atoms with Gasteiger partial charge in [-0.2, -0.15) is 0 Å². The van der Waals surface area contributed by atoms with Gasteiger partial charge in [-0.1, -0.05) is 50.5 Å². The van der Waals surface area contributed by atoms with Crippen LogP contribution in [0, 0.1) is 35.5 Å². The minimum Gasteiger partial charge on any atom is -0.416 e. The molecule has 2 aliphatic carbocycles. The molecular weight excluding hydrogens is 372 g/mol. The van der Waals surface area contributed by atoms with Crippen LogP contribution in [0.3, 0.4) is 0 Å². The Kier molecular flexibility index (Phi) is 8.86.